The Hall–Kier alpha value is -1.44. The van der Waals surface area contributed by atoms with Crippen LogP contribution < -0.4 is 9.47 Å². The second-order valence-electron chi connectivity index (χ2n) is 5.75. The molecule has 0 spiro atoms. The fraction of sp³-hybridized carbons (Fsp3) is 0.529. The molecule has 2 rings (SSSR count). The molecule has 104 valence electrons. The topological polar surface area (TPSA) is 18.5 Å². The number of aryl methyl sites for hydroxylation is 1. The number of fused-ring (bicyclic) bond motifs is 1. The van der Waals surface area contributed by atoms with Gasteiger partial charge in [0.1, 0.15) is 17.1 Å². The number of benzene rings is 1. The molecule has 0 aromatic heterocycles. The van der Waals surface area contributed by atoms with E-state index in [4.69, 9.17) is 9.47 Å². The fourth-order valence-corrected chi connectivity index (χ4v) is 2.35. The molecule has 0 saturated carbocycles. The summed E-state index contributed by atoms with van der Waals surface area (Å²) in [4.78, 5) is 0. The van der Waals surface area contributed by atoms with Crippen LogP contribution in [-0.4, -0.2) is 11.7 Å². The van der Waals surface area contributed by atoms with Gasteiger partial charge in [0, 0.05) is 11.6 Å². The van der Waals surface area contributed by atoms with Crippen molar-refractivity contribution in [3.8, 4) is 11.5 Å². The van der Waals surface area contributed by atoms with Crippen LogP contribution in [0.4, 0.5) is 0 Å². The summed E-state index contributed by atoms with van der Waals surface area (Å²) in [5.74, 6) is 1.84. The molecule has 0 saturated heterocycles. The Labute approximate surface area is 116 Å². The van der Waals surface area contributed by atoms with Crippen molar-refractivity contribution in [1.29, 1.82) is 0 Å². The van der Waals surface area contributed by atoms with Gasteiger partial charge in [0.25, 0.3) is 0 Å². The molecule has 0 atom stereocenters. The molecule has 0 unspecified atom stereocenters. The Bertz CT molecular complexity index is 482. The minimum absolute atomic E-state index is 0.243. The maximum atomic E-state index is 6.02. The predicted molar refractivity (Wildman–Crippen MR) is 79.9 cm³/mol. The van der Waals surface area contributed by atoms with Gasteiger partial charge in [0.2, 0.25) is 0 Å². The van der Waals surface area contributed by atoms with Crippen LogP contribution in [0, 0.1) is 6.92 Å². The molecule has 0 amide bonds. The number of hydrogen-bond acceptors (Lipinski definition) is 2. The molecule has 2 nitrogen and oxygen atoms in total. The first-order valence-corrected chi connectivity index (χ1v) is 7.14. The molecule has 0 N–H and O–H groups in total. The number of hydrogen-bond donors (Lipinski definition) is 0. The van der Waals surface area contributed by atoms with Crippen LogP contribution in [0.1, 0.15) is 51.7 Å². The highest BCUT2D eigenvalue weighted by Gasteiger charge is 2.23. The lowest BCUT2D eigenvalue weighted by molar-refractivity contribution is 0.155. The molecule has 0 aliphatic carbocycles. The Balaban J connectivity index is 2.31. The summed E-state index contributed by atoms with van der Waals surface area (Å²) in [5, 5.41) is 0. The molecule has 1 aliphatic rings. The summed E-state index contributed by atoms with van der Waals surface area (Å²) in [6, 6.07) is 4.12. The Morgan fingerprint density at radius 3 is 2.53 bits per heavy atom. The zero-order valence-electron chi connectivity index (χ0n) is 12.6. The van der Waals surface area contributed by atoms with Gasteiger partial charge in [-0.25, -0.2) is 0 Å². The third-order valence-corrected chi connectivity index (χ3v) is 3.56. The van der Waals surface area contributed by atoms with E-state index in [1.54, 1.807) is 0 Å². The lowest BCUT2D eigenvalue weighted by Gasteiger charge is -2.29. The second-order valence-corrected chi connectivity index (χ2v) is 5.75. The van der Waals surface area contributed by atoms with Crippen molar-refractivity contribution in [3.05, 3.63) is 29.3 Å². The van der Waals surface area contributed by atoms with Gasteiger partial charge in [-0.2, -0.15) is 0 Å². The van der Waals surface area contributed by atoms with Crippen LogP contribution >= 0.6 is 0 Å². The third-order valence-electron chi connectivity index (χ3n) is 3.56. The van der Waals surface area contributed by atoms with Crippen molar-refractivity contribution in [1.82, 2.24) is 0 Å². The summed E-state index contributed by atoms with van der Waals surface area (Å²) in [7, 11) is 0. The summed E-state index contributed by atoms with van der Waals surface area (Å²) >= 11 is 0. The van der Waals surface area contributed by atoms with E-state index in [2.05, 4.69) is 52.8 Å². The molecule has 0 bridgehead atoms. The van der Waals surface area contributed by atoms with Crippen molar-refractivity contribution in [2.45, 2.75) is 59.2 Å². The molecule has 1 aromatic carbocycles. The van der Waals surface area contributed by atoms with E-state index >= 15 is 0 Å². The molecule has 1 heterocycles. The van der Waals surface area contributed by atoms with Crippen molar-refractivity contribution in [2.75, 3.05) is 0 Å². The molecule has 1 aromatic rings. The maximum absolute atomic E-state index is 6.02. The van der Waals surface area contributed by atoms with Crippen LogP contribution in [0.2, 0.25) is 0 Å². The first-order chi connectivity index (χ1) is 8.95. The Morgan fingerprint density at radius 2 is 1.89 bits per heavy atom. The van der Waals surface area contributed by atoms with Crippen LogP contribution in [0.3, 0.4) is 0 Å². The summed E-state index contributed by atoms with van der Waals surface area (Å²) < 4.78 is 12.0. The first-order valence-electron chi connectivity index (χ1n) is 7.14. The largest absolute Gasteiger partial charge is 0.490 e. The summed E-state index contributed by atoms with van der Waals surface area (Å²) in [5.41, 5.74) is 2.12. The highest BCUT2D eigenvalue weighted by Crippen LogP contribution is 2.36. The Kier molecular flexibility index (Phi) is 3.88. The van der Waals surface area contributed by atoms with Crippen LogP contribution in [0.15, 0.2) is 18.2 Å². The molecule has 2 heteroatoms. The van der Waals surface area contributed by atoms with Gasteiger partial charge < -0.3 is 9.47 Å². The molecule has 1 aliphatic heterocycles. The van der Waals surface area contributed by atoms with Crippen molar-refractivity contribution >= 4 is 6.08 Å². The molecular formula is C17H24O2. The first kappa shape index (κ1) is 14.0. The van der Waals surface area contributed by atoms with Crippen LogP contribution in [-0.2, 0) is 0 Å². The maximum Gasteiger partial charge on any atom is 0.131 e. The SMILES string of the molecule is CCC(CC)Oc1cc(C)c2c(c1)OC(C)(C)C=C2. The second kappa shape index (κ2) is 5.28. The van der Waals surface area contributed by atoms with Crippen molar-refractivity contribution in [3.63, 3.8) is 0 Å². The fourth-order valence-electron chi connectivity index (χ4n) is 2.35. The van der Waals surface area contributed by atoms with E-state index in [1.165, 1.54) is 5.56 Å². The van der Waals surface area contributed by atoms with E-state index in [0.717, 1.165) is 29.9 Å². The number of ether oxygens (including phenoxy) is 2. The van der Waals surface area contributed by atoms with Gasteiger partial charge >= 0.3 is 0 Å². The highest BCUT2D eigenvalue weighted by atomic mass is 16.5. The van der Waals surface area contributed by atoms with Crippen molar-refractivity contribution < 1.29 is 9.47 Å². The van der Waals surface area contributed by atoms with E-state index in [0.29, 0.717) is 0 Å². The minimum Gasteiger partial charge on any atom is -0.490 e. The van der Waals surface area contributed by atoms with E-state index < -0.39 is 0 Å². The zero-order valence-corrected chi connectivity index (χ0v) is 12.6. The van der Waals surface area contributed by atoms with Gasteiger partial charge in [-0.05, 0) is 51.3 Å². The van der Waals surface area contributed by atoms with Gasteiger partial charge in [-0.3, -0.25) is 0 Å². The predicted octanol–water partition coefficient (Wildman–Crippen LogP) is 4.75. The third kappa shape index (κ3) is 3.12. The normalized spacial score (nSPS) is 16.1. The lowest BCUT2D eigenvalue weighted by Crippen LogP contribution is -2.27. The minimum atomic E-state index is -0.243. The quantitative estimate of drug-likeness (QED) is 0.778. The van der Waals surface area contributed by atoms with E-state index in [9.17, 15) is 0 Å². The van der Waals surface area contributed by atoms with Crippen molar-refractivity contribution in [2.24, 2.45) is 0 Å². The van der Waals surface area contributed by atoms with Gasteiger partial charge in [-0.15, -0.1) is 0 Å². The summed E-state index contributed by atoms with van der Waals surface area (Å²) in [6.45, 7) is 10.5. The van der Waals surface area contributed by atoms with Crippen LogP contribution in [0.25, 0.3) is 6.08 Å². The number of rotatable bonds is 4. The molecule has 0 radical (unpaired) electrons. The smallest absolute Gasteiger partial charge is 0.131 e. The highest BCUT2D eigenvalue weighted by molar-refractivity contribution is 5.66. The average Bonchev–Trinajstić information content (AvgIpc) is 2.34. The van der Waals surface area contributed by atoms with Gasteiger partial charge in [0.05, 0.1) is 6.10 Å². The monoisotopic (exact) mass is 260 g/mol. The van der Waals surface area contributed by atoms with Gasteiger partial charge in [-0.1, -0.05) is 19.9 Å². The zero-order chi connectivity index (χ0) is 14.0. The van der Waals surface area contributed by atoms with E-state index in [1.807, 2.05) is 6.07 Å². The molecule has 19 heavy (non-hydrogen) atoms. The molecule has 0 fully saturated rings. The Morgan fingerprint density at radius 1 is 1.21 bits per heavy atom. The van der Waals surface area contributed by atoms with Gasteiger partial charge in [0.15, 0.2) is 0 Å². The van der Waals surface area contributed by atoms with Crippen LogP contribution in [0.5, 0.6) is 11.5 Å². The summed E-state index contributed by atoms with van der Waals surface area (Å²) in [6.07, 6.45) is 6.58. The standard InChI is InChI=1S/C17H24O2/c1-6-13(7-2)18-14-10-12(3)15-8-9-17(4,5)19-16(15)11-14/h8-11,13H,6-7H2,1-5H3. The van der Waals surface area contributed by atoms with E-state index in [-0.39, 0.29) is 11.7 Å². The average molecular weight is 260 g/mol. The lowest BCUT2D eigenvalue weighted by atomic mass is 9.99. The molecular weight excluding hydrogens is 236 g/mol.